The van der Waals surface area contributed by atoms with Crippen molar-refractivity contribution in [3.63, 3.8) is 0 Å². The van der Waals surface area contributed by atoms with E-state index in [-0.39, 0.29) is 5.91 Å². The fourth-order valence-electron chi connectivity index (χ4n) is 2.29. The minimum absolute atomic E-state index is 0.0779. The number of nitrogens with zero attached hydrogens (tertiary/aromatic N) is 3. The molecule has 0 saturated heterocycles. The van der Waals surface area contributed by atoms with Gasteiger partial charge in [-0.25, -0.2) is 4.98 Å². The van der Waals surface area contributed by atoms with Crippen LogP contribution in [-0.2, 0) is 11.3 Å². The van der Waals surface area contributed by atoms with Crippen molar-refractivity contribution in [2.75, 3.05) is 5.32 Å². The summed E-state index contributed by atoms with van der Waals surface area (Å²) in [6.45, 7) is 2.21. The van der Waals surface area contributed by atoms with E-state index in [1.54, 1.807) is 12.4 Å². The molecule has 0 saturated carbocycles. The third-order valence-electron chi connectivity index (χ3n) is 3.25. The predicted octanol–water partition coefficient (Wildman–Crippen LogP) is 2.95. The van der Waals surface area contributed by atoms with Gasteiger partial charge in [0.25, 0.3) is 0 Å². The molecular weight excluding hydrogens is 276 g/mol. The average molecular weight is 292 g/mol. The second-order valence-corrected chi connectivity index (χ2v) is 5.00. The summed E-state index contributed by atoms with van der Waals surface area (Å²) in [6.07, 6.45) is 7.35. The third-order valence-corrected chi connectivity index (χ3v) is 3.25. The average Bonchev–Trinajstić information content (AvgIpc) is 2.97. The standard InChI is InChI=1S/C17H16N4O/c1-13(22)20-16-6-4-15(5-7-16)17-19-9-10-21(17)12-14-3-2-8-18-11-14/h2-11H,12H2,1H3,(H,20,22). The molecule has 1 aromatic carbocycles. The van der Waals surface area contributed by atoms with E-state index in [9.17, 15) is 4.79 Å². The topological polar surface area (TPSA) is 59.8 Å². The molecule has 3 aromatic rings. The van der Waals surface area contributed by atoms with Crippen molar-refractivity contribution in [3.8, 4) is 11.4 Å². The van der Waals surface area contributed by atoms with Gasteiger partial charge in [0.15, 0.2) is 0 Å². The Morgan fingerprint density at radius 1 is 1.18 bits per heavy atom. The highest BCUT2D eigenvalue weighted by atomic mass is 16.1. The van der Waals surface area contributed by atoms with E-state index in [1.165, 1.54) is 6.92 Å². The minimum atomic E-state index is -0.0779. The first kappa shape index (κ1) is 14.0. The molecule has 0 spiro atoms. The van der Waals surface area contributed by atoms with Crippen molar-refractivity contribution in [1.82, 2.24) is 14.5 Å². The molecule has 1 N–H and O–H groups in total. The Hall–Kier alpha value is -2.95. The molecule has 0 aliphatic rings. The van der Waals surface area contributed by atoms with Gasteiger partial charge in [-0.15, -0.1) is 0 Å². The van der Waals surface area contributed by atoms with Crippen LogP contribution in [0.25, 0.3) is 11.4 Å². The van der Waals surface area contributed by atoms with E-state index in [0.717, 1.165) is 29.2 Å². The number of benzene rings is 1. The maximum atomic E-state index is 11.1. The molecule has 3 rings (SSSR count). The van der Waals surface area contributed by atoms with E-state index < -0.39 is 0 Å². The zero-order chi connectivity index (χ0) is 15.4. The lowest BCUT2D eigenvalue weighted by molar-refractivity contribution is -0.114. The third kappa shape index (κ3) is 3.20. The number of hydrogen-bond donors (Lipinski definition) is 1. The van der Waals surface area contributed by atoms with Crippen LogP contribution in [0.4, 0.5) is 5.69 Å². The highest BCUT2D eigenvalue weighted by Gasteiger charge is 2.07. The van der Waals surface area contributed by atoms with Crippen molar-refractivity contribution in [2.45, 2.75) is 13.5 Å². The van der Waals surface area contributed by atoms with Crippen LogP contribution in [-0.4, -0.2) is 20.4 Å². The maximum absolute atomic E-state index is 11.1. The lowest BCUT2D eigenvalue weighted by Gasteiger charge is -2.09. The van der Waals surface area contributed by atoms with Gasteiger partial charge in [0.05, 0.1) is 6.54 Å². The number of aromatic nitrogens is 3. The Kier molecular flexibility index (Phi) is 3.96. The second kappa shape index (κ2) is 6.22. The van der Waals surface area contributed by atoms with Crippen LogP contribution in [0.15, 0.2) is 61.2 Å². The van der Waals surface area contributed by atoms with Crippen molar-refractivity contribution in [2.24, 2.45) is 0 Å². The molecule has 5 heteroatoms. The molecule has 2 aromatic heterocycles. The molecule has 110 valence electrons. The summed E-state index contributed by atoms with van der Waals surface area (Å²) < 4.78 is 2.07. The van der Waals surface area contributed by atoms with Crippen molar-refractivity contribution in [1.29, 1.82) is 0 Å². The smallest absolute Gasteiger partial charge is 0.221 e. The van der Waals surface area contributed by atoms with Crippen LogP contribution in [0, 0.1) is 0 Å². The number of nitrogens with one attached hydrogen (secondary N) is 1. The first-order chi connectivity index (χ1) is 10.7. The van der Waals surface area contributed by atoms with Gasteiger partial charge in [-0.05, 0) is 35.9 Å². The summed E-state index contributed by atoms with van der Waals surface area (Å²) in [6, 6.07) is 11.6. The van der Waals surface area contributed by atoms with Crippen LogP contribution in [0.1, 0.15) is 12.5 Å². The number of hydrogen-bond acceptors (Lipinski definition) is 3. The summed E-state index contributed by atoms with van der Waals surface area (Å²) in [5.41, 5.74) is 2.90. The fourth-order valence-corrected chi connectivity index (χ4v) is 2.29. The Balaban J connectivity index is 1.84. The minimum Gasteiger partial charge on any atom is -0.327 e. The number of anilines is 1. The van der Waals surface area contributed by atoms with E-state index >= 15 is 0 Å². The molecule has 0 atom stereocenters. The van der Waals surface area contributed by atoms with Gasteiger partial charge < -0.3 is 9.88 Å². The van der Waals surface area contributed by atoms with Gasteiger partial charge in [0.2, 0.25) is 5.91 Å². The van der Waals surface area contributed by atoms with Crippen LogP contribution >= 0.6 is 0 Å². The molecule has 5 nitrogen and oxygen atoms in total. The SMILES string of the molecule is CC(=O)Nc1ccc(-c2nccn2Cc2cccnc2)cc1. The molecule has 2 heterocycles. The molecule has 0 radical (unpaired) electrons. The lowest BCUT2D eigenvalue weighted by atomic mass is 10.2. The summed E-state index contributed by atoms with van der Waals surface area (Å²) in [4.78, 5) is 19.6. The lowest BCUT2D eigenvalue weighted by Crippen LogP contribution is -2.05. The van der Waals surface area contributed by atoms with E-state index in [0.29, 0.717) is 0 Å². The Bertz CT molecular complexity index is 763. The molecule has 0 aliphatic heterocycles. The number of amides is 1. The zero-order valence-corrected chi connectivity index (χ0v) is 12.2. The predicted molar refractivity (Wildman–Crippen MR) is 85.3 cm³/mol. The highest BCUT2D eigenvalue weighted by molar-refractivity contribution is 5.88. The van der Waals surface area contributed by atoms with Gasteiger partial charge in [0.1, 0.15) is 5.82 Å². The molecule has 0 fully saturated rings. The number of carbonyl (C=O) groups is 1. The van der Waals surface area contributed by atoms with Gasteiger partial charge in [-0.1, -0.05) is 6.07 Å². The number of pyridine rings is 1. The first-order valence-electron chi connectivity index (χ1n) is 7.00. The highest BCUT2D eigenvalue weighted by Crippen LogP contribution is 2.20. The maximum Gasteiger partial charge on any atom is 0.221 e. The Morgan fingerprint density at radius 2 is 2.00 bits per heavy atom. The van der Waals surface area contributed by atoms with E-state index in [4.69, 9.17) is 0 Å². The quantitative estimate of drug-likeness (QED) is 0.804. The Labute approximate surface area is 128 Å². The molecular formula is C17H16N4O. The molecule has 0 bridgehead atoms. The second-order valence-electron chi connectivity index (χ2n) is 5.00. The van der Waals surface area contributed by atoms with Crippen molar-refractivity contribution >= 4 is 11.6 Å². The van der Waals surface area contributed by atoms with Gasteiger partial charge >= 0.3 is 0 Å². The number of imidazole rings is 1. The molecule has 1 amide bonds. The fraction of sp³-hybridized carbons (Fsp3) is 0.118. The van der Waals surface area contributed by atoms with E-state index in [2.05, 4.69) is 19.9 Å². The van der Waals surface area contributed by atoms with Gasteiger partial charge in [-0.2, -0.15) is 0 Å². The Morgan fingerprint density at radius 3 is 2.68 bits per heavy atom. The number of carbonyl (C=O) groups excluding carboxylic acids is 1. The number of rotatable bonds is 4. The summed E-state index contributed by atoms with van der Waals surface area (Å²) in [7, 11) is 0. The van der Waals surface area contributed by atoms with Crippen LogP contribution in [0.3, 0.4) is 0 Å². The largest absolute Gasteiger partial charge is 0.327 e. The molecule has 22 heavy (non-hydrogen) atoms. The summed E-state index contributed by atoms with van der Waals surface area (Å²) in [5, 5.41) is 2.76. The summed E-state index contributed by atoms with van der Waals surface area (Å²) in [5.74, 6) is 0.809. The summed E-state index contributed by atoms with van der Waals surface area (Å²) >= 11 is 0. The van der Waals surface area contributed by atoms with Crippen molar-refractivity contribution in [3.05, 3.63) is 66.7 Å². The zero-order valence-electron chi connectivity index (χ0n) is 12.2. The van der Waals surface area contributed by atoms with Crippen LogP contribution in [0.2, 0.25) is 0 Å². The van der Waals surface area contributed by atoms with Gasteiger partial charge in [0, 0.05) is 43.0 Å². The van der Waals surface area contributed by atoms with Gasteiger partial charge in [-0.3, -0.25) is 9.78 Å². The van der Waals surface area contributed by atoms with Crippen molar-refractivity contribution < 1.29 is 4.79 Å². The van der Waals surface area contributed by atoms with Crippen LogP contribution in [0.5, 0.6) is 0 Å². The van der Waals surface area contributed by atoms with E-state index in [1.807, 2.05) is 48.8 Å². The van der Waals surface area contributed by atoms with Crippen LogP contribution < -0.4 is 5.32 Å². The monoisotopic (exact) mass is 292 g/mol. The molecule has 0 unspecified atom stereocenters. The first-order valence-corrected chi connectivity index (χ1v) is 7.00. The normalized spacial score (nSPS) is 10.4. The molecule has 0 aliphatic carbocycles.